The summed E-state index contributed by atoms with van der Waals surface area (Å²) < 4.78 is 8.35. The van der Waals surface area contributed by atoms with E-state index in [2.05, 4.69) is 70.1 Å². The summed E-state index contributed by atoms with van der Waals surface area (Å²) in [4.78, 5) is 3.73. The van der Waals surface area contributed by atoms with Crippen molar-refractivity contribution >= 4 is 49.4 Å². The van der Waals surface area contributed by atoms with E-state index in [9.17, 15) is 10.5 Å². The summed E-state index contributed by atoms with van der Waals surface area (Å²) in [6.07, 6.45) is 0. The maximum absolute atomic E-state index is 9.90. The minimum Gasteiger partial charge on any atom is -0.456 e. The third kappa shape index (κ3) is 3.70. The molecule has 2 aromatic heterocycles. The molecule has 5 nitrogen and oxygen atoms in total. The molecule has 8 aromatic rings. The smallest absolute Gasteiger partial charge is 0.196 e. The van der Waals surface area contributed by atoms with Gasteiger partial charge in [0.1, 0.15) is 11.2 Å². The Morgan fingerprint density at radius 2 is 1.27 bits per heavy atom. The number of nitrogens with zero attached hydrogens (tertiary/aromatic N) is 4. The van der Waals surface area contributed by atoms with E-state index >= 15 is 0 Å². The first-order valence-electron chi connectivity index (χ1n) is 14.1. The Hall–Kier alpha value is -6.61. The van der Waals surface area contributed by atoms with Crippen LogP contribution in [0.3, 0.4) is 0 Å². The highest BCUT2D eigenvalue weighted by molar-refractivity contribution is 6.13. The summed E-state index contributed by atoms with van der Waals surface area (Å²) >= 11 is 0. The number of rotatable bonds is 3. The maximum atomic E-state index is 9.90. The van der Waals surface area contributed by atoms with E-state index in [1.54, 1.807) is 18.2 Å². The van der Waals surface area contributed by atoms with Crippen molar-refractivity contribution in [2.45, 2.75) is 0 Å². The molecule has 2 heterocycles. The molecule has 0 N–H and O–H groups in total. The Balaban J connectivity index is 1.45. The zero-order valence-electron chi connectivity index (χ0n) is 23.2. The number of para-hydroxylation sites is 1. The summed E-state index contributed by atoms with van der Waals surface area (Å²) in [6, 6.07) is 44.1. The SMILES string of the molecule is [C-]#[N+]c1cccc(C#N)c1-c1ccc2c(c1)c1cc(-c3ccccc3C#N)ccc1n2-c1ccc2oc3ccccc3c2c1. The Kier molecular flexibility index (Phi) is 5.56. The average Bonchev–Trinajstić information content (AvgIpc) is 3.62. The zero-order chi connectivity index (χ0) is 29.8. The van der Waals surface area contributed by atoms with E-state index in [0.717, 1.165) is 66.1 Å². The number of benzene rings is 6. The Morgan fingerprint density at radius 1 is 0.591 bits per heavy atom. The van der Waals surface area contributed by atoms with E-state index in [1.807, 2.05) is 54.6 Å². The third-order valence-corrected chi connectivity index (χ3v) is 8.31. The summed E-state index contributed by atoms with van der Waals surface area (Å²) in [6.45, 7) is 7.77. The quantitative estimate of drug-likeness (QED) is 0.202. The van der Waals surface area contributed by atoms with Crippen molar-refractivity contribution in [2.24, 2.45) is 0 Å². The van der Waals surface area contributed by atoms with Crippen molar-refractivity contribution in [3.63, 3.8) is 0 Å². The fraction of sp³-hybridized carbons (Fsp3) is 0. The second-order valence-electron chi connectivity index (χ2n) is 10.7. The van der Waals surface area contributed by atoms with Crippen LogP contribution in [0.1, 0.15) is 11.1 Å². The molecule has 0 saturated carbocycles. The van der Waals surface area contributed by atoms with Crippen molar-refractivity contribution in [1.82, 2.24) is 4.57 Å². The largest absolute Gasteiger partial charge is 0.456 e. The predicted octanol–water partition coefficient (Wildman–Crippen LogP) is 10.3. The molecule has 44 heavy (non-hydrogen) atoms. The van der Waals surface area contributed by atoms with Gasteiger partial charge in [-0.3, -0.25) is 0 Å². The van der Waals surface area contributed by atoms with Gasteiger partial charge in [0.2, 0.25) is 0 Å². The van der Waals surface area contributed by atoms with Gasteiger partial charge in [0.05, 0.1) is 35.3 Å². The number of nitriles is 2. The number of hydrogen-bond acceptors (Lipinski definition) is 3. The van der Waals surface area contributed by atoms with Crippen LogP contribution in [0.15, 0.2) is 126 Å². The van der Waals surface area contributed by atoms with Gasteiger partial charge in [-0.05, 0) is 77.4 Å². The number of hydrogen-bond donors (Lipinski definition) is 0. The van der Waals surface area contributed by atoms with E-state index in [1.165, 1.54) is 0 Å². The Morgan fingerprint density at radius 3 is 2.07 bits per heavy atom. The van der Waals surface area contributed by atoms with Gasteiger partial charge in [0.25, 0.3) is 0 Å². The average molecular weight is 561 g/mol. The zero-order valence-corrected chi connectivity index (χ0v) is 23.2. The second kappa shape index (κ2) is 9.74. The van der Waals surface area contributed by atoms with Crippen LogP contribution in [0.4, 0.5) is 5.69 Å². The van der Waals surface area contributed by atoms with Crippen molar-refractivity contribution in [3.8, 4) is 40.1 Å². The van der Waals surface area contributed by atoms with Gasteiger partial charge in [-0.2, -0.15) is 10.5 Å². The topological polar surface area (TPSA) is 70.0 Å². The lowest BCUT2D eigenvalue weighted by Gasteiger charge is -2.10. The summed E-state index contributed by atoms with van der Waals surface area (Å²) in [7, 11) is 0. The van der Waals surface area contributed by atoms with Crippen molar-refractivity contribution < 1.29 is 4.42 Å². The Bertz CT molecular complexity index is 2570. The van der Waals surface area contributed by atoms with Crippen molar-refractivity contribution in [3.05, 3.63) is 144 Å². The van der Waals surface area contributed by atoms with Crippen LogP contribution in [-0.2, 0) is 0 Å². The number of aromatic nitrogens is 1. The normalized spacial score (nSPS) is 11.1. The van der Waals surface area contributed by atoms with Crippen LogP contribution in [-0.4, -0.2) is 4.57 Å². The fourth-order valence-electron chi connectivity index (χ4n) is 6.34. The Labute approximate surface area is 252 Å². The van der Waals surface area contributed by atoms with Crippen molar-refractivity contribution in [1.29, 1.82) is 10.5 Å². The summed E-state index contributed by atoms with van der Waals surface area (Å²) in [5.74, 6) is 0. The van der Waals surface area contributed by atoms with Gasteiger partial charge >= 0.3 is 0 Å². The van der Waals surface area contributed by atoms with E-state index in [0.29, 0.717) is 22.4 Å². The van der Waals surface area contributed by atoms with Gasteiger partial charge in [0.15, 0.2) is 5.69 Å². The molecular weight excluding hydrogens is 540 g/mol. The van der Waals surface area contributed by atoms with Crippen LogP contribution >= 0.6 is 0 Å². The van der Waals surface area contributed by atoms with Crippen LogP contribution in [0, 0.1) is 29.2 Å². The third-order valence-electron chi connectivity index (χ3n) is 8.31. The van der Waals surface area contributed by atoms with Crippen LogP contribution < -0.4 is 0 Å². The molecule has 0 atom stereocenters. The molecule has 0 amide bonds. The van der Waals surface area contributed by atoms with Crippen LogP contribution in [0.2, 0.25) is 0 Å². The van der Waals surface area contributed by atoms with Gasteiger partial charge in [0, 0.05) is 38.4 Å². The van der Waals surface area contributed by atoms with E-state index in [-0.39, 0.29) is 0 Å². The monoisotopic (exact) mass is 560 g/mol. The second-order valence-corrected chi connectivity index (χ2v) is 10.7. The van der Waals surface area contributed by atoms with Gasteiger partial charge in [-0.15, -0.1) is 0 Å². The molecule has 0 bridgehead atoms. The van der Waals surface area contributed by atoms with Crippen LogP contribution in [0.25, 0.3) is 76.5 Å². The molecule has 0 aliphatic carbocycles. The molecule has 5 heteroatoms. The number of fused-ring (bicyclic) bond motifs is 6. The van der Waals surface area contributed by atoms with Gasteiger partial charge < -0.3 is 8.98 Å². The molecule has 0 spiro atoms. The highest BCUT2D eigenvalue weighted by atomic mass is 16.3. The molecule has 0 aliphatic rings. The molecule has 0 saturated heterocycles. The van der Waals surface area contributed by atoms with Crippen LogP contribution in [0.5, 0.6) is 0 Å². The molecule has 8 rings (SSSR count). The maximum Gasteiger partial charge on any atom is 0.196 e. The van der Waals surface area contributed by atoms with Gasteiger partial charge in [-0.25, -0.2) is 4.85 Å². The summed E-state index contributed by atoms with van der Waals surface area (Å²) in [5, 5.41) is 23.8. The molecule has 202 valence electrons. The minimum atomic E-state index is 0.438. The molecule has 0 aliphatic heterocycles. The number of furan rings is 1. The molecular formula is C39H20N4O. The highest BCUT2D eigenvalue weighted by Crippen LogP contribution is 2.41. The van der Waals surface area contributed by atoms with E-state index in [4.69, 9.17) is 11.0 Å². The predicted molar refractivity (Wildman–Crippen MR) is 175 cm³/mol. The lowest BCUT2D eigenvalue weighted by atomic mass is 9.95. The van der Waals surface area contributed by atoms with Crippen molar-refractivity contribution in [2.75, 3.05) is 0 Å². The van der Waals surface area contributed by atoms with Gasteiger partial charge in [-0.1, -0.05) is 60.7 Å². The first-order chi connectivity index (χ1) is 21.7. The molecule has 0 unspecified atom stereocenters. The fourth-order valence-corrected chi connectivity index (χ4v) is 6.34. The highest BCUT2D eigenvalue weighted by Gasteiger charge is 2.18. The molecule has 6 aromatic carbocycles. The standard InChI is InChI=1S/C39H20N4O/c1-42-34-11-6-8-27(23-41)39(34)25-14-17-36-32(20-25)31-19-24(29-9-3-2-7-26(29)22-40)13-16-35(31)43(36)28-15-18-38-33(21-28)30-10-4-5-12-37(30)44-38/h2-21H. The first-order valence-corrected chi connectivity index (χ1v) is 14.1. The molecule has 0 fully saturated rings. The first kappa shape index (κ1) is 25.1. The minimum absolute atomic E-state index is 0.438. The lowest BCUT2D eigenvalue weighted by molar-refractivity contribution is 0.669. The lowest BCUT2D eigenvalue weighted by Crippen LogP contribution is -1.94. The summed E-state index contributed by atoms with van der Waals surface area (Å²) in [5.41, 5.74) is 9.40. The molecule has 0 radical (unpaired) electrons. The van der Waals surface area contributed by atoms with E-state index < -0.39 is 0 Å².